The minimum absolute atomic E-state index is 0.189. The summed E-state index contributed by atoms with van der Waals surface area (Å²) in [5.41, 5.74) is 3.05. The molecule has 0 spiro atoms. The number of anilines is 1. The highest BCUT2D eigenvalue weighted by molar-refractivity contribution is 9.10. The number of halogens is 2. The van der Waals surface area contributed by atoms with Crippen molar-refractivity contribution in [2.45, 2.75) is 69.5 Å². The fraction of sp³-hybridized carbons (Fsp3) is 0.667. The summed E-state index contributed by atoms with van der Waals surface area (Å²) in [6.45, 7) is 4.24. The van der Waals surface area contributed by atoms with Gasteiger partial charge in [0.15, 0.2) is 0 Å². The molecule has 4 atom stereocenters. The van der Waals surface area contributed by atoms with Crippen LogP contribution in [0.2, 0.25) is 5.02 Å². The van der Waals surface area contributed by atoms with Crippen LogP contribution in [0, 0.1) is 17.3 Å². The number of benzene rings is 1. The van der Waals surface area contributed by atoms with E-state index < -0.39 is 0 Å². The van der Waals surface area contributed by atoms with Crippen LogP contribution in [0.5, 0.6) is 0 Å². The molecule has 2 nitrogen and oxygen atoms in total. The molecule has 1 N–H and O–H groups in total. The number of amides is 1. The van der Waals surface area contributed by atoms with Crippen molar-refractivity contribution in [3.63, 3.8) is 0 Å². The second-order valence-corrected chi connectivity index (χ2v) is 10.7. The van der Waals surface area contributed by atoms with Crippen LogP contribution in [0.1, 0.15) is 63.5 Å². The van der Waals surface area contributed by atoms with E-state index in [1.165, 1.54) is 24.8 Å². The lowest BCUT2D eigenvalue weighted by molar-refractivity contribution is -0.138. The lowest BCUT2D eigenvalue weighted by Crippen LogP contribution is -2.57. The Balaban J connectivity index is 1.66. The molecule has 0 radical (unpaired) electrons. The van der Waals surface area contributed by atoms with Crippen molar-refractivity contribution >= 4 is 39.1 Å². The maximum atomic E-state index is 13.5. The van der Waals surface area contributed by atoms with Gasteiger partial charge in [0, 0.05) is 15.0 Å². The Morgan fingerprint density at radius 1 is 1.20 bits per heavy atom. The Morgan fingerprint density at radius 2 is 1.88 bits per heavy atom. The van der Waals surface area contributed by atoms with Crippen molar-refractivity contribution < 1.29 is 4.79 Å². The summed E-state index contributed by atoms with van der Waals surface area (Å²) in [6, 6.07) is 4.02. The second kappa shape index (κ2) is 6.27. The van der Waals surface area contributed by atoms with Crippen LogP contribution in [0.3, 0.4) is 0 Å². The lowest BCUT2D eigenvalue weighted by atomic mass is 9.49. The van der Waals surface area contributed by atoms with Crippen LogP contribution in [-0.2, 0) is 17.6 Å². The monoisotopic (exact) mass is 423 g/mol. The number of nitrogens with one attached hydrogen (secondary N) is 1. The van der Waals surface area contributed by atoms with Gasteiger partial charge in [0.2, 0.25) is 5.91 Å². The van der Waals surface area contributed by atoms with Crippen molar-refractivity contribution in [3.8, 4) is 0 Å². The molecule has 1 aromatic rings. The van der Waals surface area contributed by atoms with Gasteiger partial charge in [0.05, 0.1) is 5.41 Å². The zero-order valence-electron chi connectivity index (χ0n) is 15.1. The van der Waals surface area contributed by atoms with Gasteiger partial charge < -0.3 is 5.32 Å². The minimum atomic E-state index is -0.189. The van der Waals surface area contributed by atoms with E-state index in [2.05, 4.69) is 41.2 Å². The molecule has 0 saturated heterocycles. The molecule has 4 bridgehead atoms. The van der Waals surface area contributed by atoms with Crippen molar-refractivity contribution in [1.82, 2.24) is 0 Å². The zero-order valence-corrected chi connectivity index (χ0v) is 17.5. The third-order valence-corrected chi connectivity index (χ3v) is 8.07. The molecule has 1 amide bonds. The Labute approximate surface area is 164 Å². The van der Waals surface area contributed by atoms with Crippen LogP contribution in [-0.4, -0.2) is 10.2 Å². The summed E-state index contributed by atoms with van der Waals surface area (Å²) >= 11 is 10.4. The molecule has 0 aliphatic heterocycles. The first-order chi connectivity index (χ1) is 11.9. The van der Waals surface area contributed by atoms with Gasteiger partial charge >= 0.3 is 0 Å². The van der Waals surface area contributed by atoms with Gasteiger partial charge in [0.25, 0.3) is 0 Å². The molecule has 4 aliphatic carbocycles. The van der Waals surface area contributed by atoms with Gasteiger partial charge in [-0.15, -0.1) is 0 Å². The number of aryl methyl sites for hydroxylation is 1. The highest BCUT2D eigenvalue weighted by atomic mass is 79.9. The molecule has 5 rings (SSSR count). The van der Waals surface area contributed by atoms with Gasteiger partial charge in [0.1, 0.15) is 0 Å². The molecule has 0 heterocycles. The molecule has 4 aliphatic rings. The zero-order chi connectivity index (χ0) is 17.8. The van der Waals surface area contributed by atoms with E-state index in [1.54, 1.807) is 0 Å². The Bertz CT molecular complexity index is 702. The molecule has 25 heavy (non-hydrogen) atoms. The quantitative estimate of drug-likeness (QED) is 0.578. The largest absolute Gasteiger partial charge is 0.325 e. The first-order valence-electron chi connectivity index (χ1n) is 9.68. The first kappa shape index (κ1) is 17.9. The number of hydrogen-bond donors (Lipinski definition) is 1. The van der Waals surface area contributed by atoms with Crippen LogP contribution < -0.4 is 5.32 Å². The van der Waals surface area contributed by atoms with E-state index in [1.807, 2.05) is 6.07 Å². The fourth-order valence-electron chi connectivity index (χ4n) is 6.13. The molecule has 4 heteroatoms. The maximum Gasteiger partial charge on any atom is 0.230 e. The second-order valence-electron chi connectivity index (χ2n) is 8.61. The predicted molar refractivity (Wildman–Crippen MR) is 108 cm³/mol. The SMILES string of the molecule is CCc1ccc(Cl)c(CC)c1NC(=O)C12C[C@@H]3C[C@@H](CC(Br)(C3)C1)C2. The molecule has 4 saturated carbocycles. The summed E-state index contributed by atoms with van der Waals surface area (Å²) in [7, 11) is 0. The molecule has 136 valence electrons. The van der Waals surface area contributed by atoms with Gasteiger partial charge in [-0.05, 0) is 80.4 Å². The van der Waals surface area contributed by atoms with E-state index >= 15 is 0 Å². The normalized spacial score (nSPS) is 35.8. The number of rotatable bonds is 4. The summed E-state index contributed by atoms with van der Waals surface area (Å²) < 4.78 is 0.198. The average molecular weight is 425 g/mol. The molecule has 2 unspecified atom stereocenters. The van der Waals surface area contributed by atoms with E-state index in [0.29, 0.717) is 11.8 Å². The number of alkyl halides is 1. The van der Waals surface area contributed by atoms with Gasteiger partial charge in [-0.3, -0.25) is 4.79 Å². The van der Waals surface area contributed by atoms with Crippen LogP contribution in [0.4, 0.5) is 5.69 Å². The highest BCUT2D eigenvalue weighted by Gasteiger charge is 2.59. The molecule has 4 fully saturated rings. The minimum Gasteiger partial charge on any atom is -0.325 e. The summed E-state index contributed by atoms with van der Waals surface area (Å²) in [6.07, 6.45) is 8.66. The molecular weight excluding hydrogens is 398 g/mol. The van der Waals surface area contributed by atoms with Crippen LogP contribution >= 0.6 is 27.5 Å². The van der Waals surface area contributed by atoms with Gasteiger partial charge in [-0.2, -0.15) is 0 Å². The summed E-state index contributed by atoms with van der Waals surface area (Å²) in [4.78, 5) is 13.5. The van der Waals surface area contributed by atoms with E-state index in [4.69, 9.17) is 11.6 Å². The molecular formula is C21H27BrClNO. The van der Waals surface area contributed by atoms with E-state index in [0.717, 1.165) is 48.4 Å². The number of hydrogen-bond acceptors (Lipinski definition) is 1. The first-order valence-corrected chi connectivity index (χ1v) is 10.9. The molecule has 0 aromatic heterocycles. The third-order valence-electron chi connectivity index (χ3n) is 6.79. The summed E-state index contributed by atoms with van der Waals surface area (Å²) in [5, 5.41) is 4.11. The Hall–Kier alpha value is -0.540. The van der Waals surface area contributed by atoms with Crippen molar-refractivity contribution in [2.24, 2.45) is 17.3 Å². The smallest absolute Gasteiger partial charge is 0.230 e. The van der Waals surface area contributed by atoms with E-state index in [9.17, 15) is 4.79 Å². The topological polar surface area (TPSA) is 29.1 Å². The van der Waals surface area contributed by atoms with Gasteiger partial charge in [-0.1, -0.05) is 47.4 Å². The van der Waals surface area contributed by atoms with Crippen molar-refractivity contribution in [2.75, 3.05) is 5.32 Å². The Kier molecular flexibility index (Phi) is 4.47. The van der Waals surface area contributed by atoms with Crippen molar-refractivity contribution in [1.29, 1.82) is 0 Å². The lowest BCUT2D eigenvalue weighted by Gasteiger charge is -2.59. The summed E-state index contributed by atoms with van der Waals surface area (Å²) in [5.74, 6) is 1.65. The van der Waals surface area contributed by atoms with E-state index in [-0.39, 0.29) is 15.6 Å². The predicted octanol–water partition coefficient (Wildman–Crippen LogP) is 6.14. The average Bonchev–Trinajstić information content (AvgIpc) is 2.53. The van der Waals surface area contributed by atoms with Crippen LogP contribution in [0.25, 0.3) is 0 Å². The Morgan fingerprint density at radius 3 is 2.44 bits per heavy atom. The highest BCUT2D eigenvalue weighted by Crippen LogP contribution is 2.64. The fourth-order valence-corrected chi connectivity index (χ4v) is 7.87. The van der Waals surface area contributed by atoms with Crippen molar-refractivity contribution in [3.05, 3.63) is 28.3 Å². The maximum absolute atomic E-state index is 13.5. The standard InChI is InChI=1S/C21H27BrClNO/c1-3-15-5-6-17(23)16(4-2)18(15)24-19(25)20-8-13-7-14(9-20)11-21(22,10-13)12-20/h5-6,13-14H,3-4,7-12H2,1-2H3,(H,24,25)/t13-,14+,20?,21?. The number of carbonyl (C=O) groups excluding carboxylic acids is 1. The van der Waals surface area contributed by atoms with Crippen LogP contribution in [0.15, 0.2) is 12.1 Å². The number of carbonyl (C=O) groups is 1. The van der Waals surface area contributed by atoms with Gasteiger partial charge in [-0.25, -0.2) is 0 Å². The molecule has 1 aromatic carbocycles. The third kappa shape index (κ3) is 2.96.